The van der Waals surface area contributed by atoms with Gasteiger partial charge < -0.3 is 44.3 Å². The van der Waals surface area contributed by atoms with E-state index >= 15 is 0 Å². The Morgan fingerprint density at radius 1 is 1.26 bits per heavy atom. The summed E-state index contributed by atoms with van der Waals surface area (Å²) in [6.45, 7) is 0.929. The average Bonchev–Trinajstić information content (AvgIpc) is 2.54. The number of carboxylic acids is 1. The van der Waals surface area contributed by atoms with Gasteiger partial charge in [0.1, 0.15) is 43.5 Å². The van der Waals surface area contributed by atoms with Crippen molar-refractivity contribution in [2.45, 2.75) is 36.9 Å². The fraction of sp³-hybridized carbons (Fsp3) is 0.800. The minimum atomic E-state index is -5.19. The summed E-state index contributed by atoms with van der Waals surface area (Å²) in [5.41, 5.74) is 0. The lowest BCUT2D eigenvalue weighted by Gasteiger charge is -2.39. The summed E-state index contributed by atoms with van der Waals surface area (Å²) in [5.74, 6) is -0.443. The van der Waals surface area contributed by atoms with Gasteiger partial charge in [0, 0.05) is 0 Å². The molecule has 0 amide bonds. The summed E-state index contributed by atoms with van der Waals surface area (Å²) in [5, 5.41) is 46.8. The van der Waals surface area contributed by atoms with E-state index in [1.165, 1.54) is 0 Å². The van der Waals surface area contributed by atoms with Gasteiger partial charge in [0.25, 0.3) is 0 Å². The van der Waals surface area contributed by atoms with Crippen LogP contribution in [-0.2, 0) is 14.3 Å². The predicted molar refractivity (Wildman–Crippen MR) is 81.5 cm³/mol. The van der Waals surface area contributed by atoms with E-state index in [2.05, 4.69) is 5.92 Å². The number of rotatable bonds is 6. The van der Waals surface area contributed by atoms with Gasteiger partial charge in [0.05, 0.1) is 27.3 Å². The highest BCUT2D eigenvalue weighted by Gasteiger charge is 2.44. The smallest absolute Gasteiger partial charge is 0.430 e. The number of aliphatic carboxylic acids is 1. The maximum absolute atomic E-state index is 10.5. The first kappa shape index (κ1) is 25.5. The number of hydrogen-bond acceptors (Lipinski definition) is 8. The van der Waals surface area contributed by atoms with Crippen molar-refractivity contribution in [1.82, 2.24) is 0 Å². The van der Waals surface area contributed by atoms with Crippen molar-refractivity contribution in [2.24, 2.45) is 0 Å². The topological polar surface area (TPSA) is 140 Å². The quantitative estimate of drug-likeness (QED) is 0.269. The van der Waals surface area contributed by atoms with Gasteiger partial charge in [0.2, 0.25) is 0 Å². The number of ether oxygens (including phenoxy) is 2. The molecule has 1 aliphatic rings. The van der Waals surface area contributed by atoms with Crippen LogP contribution in [0.5, 0.6) is 0 Å². The number of likely N-dealkylation sites (N-methyl/N-ethyl adjacent to an activating group) is 1. The van der Waals surface area contributed by atoms with Crippen LogP contribution in [0.1, 0.15) is 0 Å². The van der Waals surface area contributed by atoms with E-state index in [1.54, 1.807) is 0 Å². The third-order valence-electron chi connectivity index (χ3n) is 3.58. The maximum Gasteiger partial charge on any atom is 0.430 e. The third kappa shape index (κ3) is 8.85. The lowest BCUT2D eigenvalue weighted by atomic mass is 9.99. The van der Waals surface area contributed by atoms with Crippen LogP contribution >= 0.6 is 0 Å². The SMILES string of the molecule is C#CC[N+](C)(C)CCOC1O[C@H](CO)[C@@H](O)[C@H](O)[C@H]1O.O=C([O-])C(F)(F)F. The molecule has 0 saturated carbocycles. The summed E-state index contributed by atoms with van der Waals surface area (Å²) in [7, 11) is 3.88. The van der Waals surface area contributed by atoms with Gasteiger partial charge in [-0.3, -0.25) is 0 Å². The van der Waals surface area contributed by atoms with Crippen molar-refractivity contribution in [3.8, 4) is 12.3 Å². The normalized spacial score (nSPS) is 28.7. The number of aliphatic hydroxyl groups is 4. The summed E-state index contributed by atoms with van der Waals surface area (Å²) >= 11 is 0. The molecule has 0 spiro atoms. The van der Waals surface area contributed by atoms with Gasteiger partial charge in [-0.25, -0.2) is 0 Å². The highest BCUT2D eigenvalue weighted by Crippen LogP contribution is 2.21. The van der Waals surface area contributed by atoms with Crippen LogP contribution in [0.25, 0.3) is 0 Å². The number of carbonyl (C=O) groups excluding carboxylic acids is 1. The molecule has 27 heavy (non-hydrogen) atoms. The fourth-order valence-electron chi connectivity index (χ4n) is 1.95. The second kappa shape index (κ2) is 10.8. The summed E-state index contributed by atoms with van der Waals surface area (Å²) in [6, 6.07) is 0. The minimum absolute atomic E-state index is 0.261. The second-order valence-corrected chi connectivity index (χ2v) is 6.37. The molecule has 1 unspecified atom stereocenters. The molecule has 12 heteroatoms. The van der Waals surface area contributed by atoms with Crippen molar-refractivity contribution >= 4 is 5.97 Å². The number of nitrogens with zero attached hydrogens (tertiary/aromatic N) is 1. The lowest BCUT2D eigenvalue weighted by molar-refractivity contribution is -0.883. The molecule has 1 heterocycles. The number of terminal acetylenes is 1. The maximum atomic E-state index is 10.5. The first-order valence-corrected chi connectivity index (χ1v) is 7.72. The molecule has 9 nitrogen and oxygen atoms in total. The van der Waals surface area contributed by atoms with Crippen LogP contribution < -0.4 is 5.11 Å². The Balaban J connectivity index is 0.000000821. The Hall–Kier alpha value is -1.46. The predicted octanol–water partition coefficient (Wildman–Crippen LogP) is -3.19. The average molecular weight is 403 g/mol. The standard InChI is InChI=1S/C13H24NO6.C2HF3O2/c1-4-5-14(2,3)6-7-19-13-12(18)11(17)10(16)9(8-15)20-13;3-2(4,5)1(6)7/h1,9-13,15-18H,5-8H2,2-3H3;(H,6,7)/q+1;/p-1/t9-,10-,11+,12-,13?;/m1./s1. The Morgan fingerprint density at radius 3 is 2.19 bits per heavy atom. The second-order valence-electron chi connectivity index (χ2n) is 6.37. The molecular formula is C15H24F3NO8. The zero-order chi connectivity index (χ0) is 21.4. The summed E-state index contributed by atoms with van der Waals surface area (Å²) < 4.78 is 42.7. The van der Waals surface area contributed by atoms with Gasteiger partial charge in [-0.15, -0.1) is 6.42 Å². The number of alkyl halides is 3. The Bertz CT molecular complexity index is 506. The molecule has 0 aliphatic carbocycles. The van der Waals surface area contributed by atoms with Crippen molar-refractivity contribution in [2.75, 3.05) is 40.4 Å². The largest absolute Gasteiger partial charge is 0.542 e. The minimum Gasteiger partial charge on any atom is -0.542 e. The molecule has 0 radical (unpaired) electrons. The fourth-order valence-corrected chi connectivity index (χ4v) is 1.95. The van der Waals surface area contributed by atoms with E-state index < -0.39 is 49.5 Å². The van der Waals surface area contributed by atoms with Gasteiger partial charge >= 0.3 is 6.18 Å². The van der Waals surface area contributed by atoms with E-state index in [1.807, 2.05) is 14.1 Å². The summed E-state index contributed by atoms with van der Waals surface area (Å²) in [4.78, 5) is 8.78. The number of aliphatic hydroxyl groups excluding tert-OH is 4. The molecule has 158 valence electrons. The van der Waals surface area contributed by atoms with Crippen LogP contribution in [0, 0.1) is 12.3 Å². The monoisotopic (exact) mass is 403 g/mol. The Kier molecular flexibility index (Phi) is 10.2. The van der Waals surface area contributed by atoms with Gasteiger partial charge in [-0.1, -0.05) is 0 Å². The van der Waals surface area contributed by atoms with Crippen LogP contribution in [0.2, 0.25) is 0 Å². The molecule has 1 rings (SSSR count). The van der Waals surface area contributed by atoms with Crippen molar-refractivity contribution in [1.29, 1.82) is 0 Å². The van der Waals surface area contributed by atoms with E-state index in [-0.39, 0.29) is 6.61 Å². The van der Waals surface area contributed by atoms with E-state index in [0.29, 0.717) is 17.6 Å². The van der Waals surface area contributed by atoms with E-state index in [0.717, 1.165) is 0 Å². The van der Waals surface area contributed by atoms with Crippen LogP contribution in [0.15, 0.2) is 0 Å². The zero-order valence-electron chi connectivity index (χ0n) is 14.8. The molecule has 4 N–H and O–H groups in total. The molecule has 0 aromatic carbocycles. The molecule has 5 atom stereocenters. The first-order chi connectivity index (χ1) is 12.3. The molecule has 0 bridgehead atoms. The number of quaternary nitrogens is 1. The number of carbonyl (C=O) groups is 1. The molecule has 0 aromatic heterocycles. The number of carboxylic acid groups (broad SMARTS) is 1. The zero-order valence-corrected chi connectivity index (χ0v) is 14.8. The van der Waals surface area contributed by atoms with Crippen molar-refractivity contribution < 1.29 is 57.5 Å². The number of halogens is 3. The first-order valence-electron chi connectivity index (χ1n) is 7.72. The van der Waals surface area contributed by atoms with Crippen LogP contribution in [0.3, 0.4) is 0 Å². The van der Waals surface area contributed by atoms with Crippen molar-refractivity contribution in [3.05, 3.63) is 0 Å². The van der Waals surface area contributed by atoms with Crippen LogP contribution in [0.4, 0.5) is 13.2 Å². The highest BCUT2D eigenvalue weighted by molar-refractivity contribution is 5.70. The van der Waals surface area contributed by atoms with E-state index in [9.17, 15) is 28.5 Å². The highest BCUT2D eigenvalue weighted by atomic mass is 19.4. The third-order valence-corrected chi connectivity index (χ3v) is 3.58. The molecule has 1 saturated heterocycles. The lowest BCUT2D eigenvalue weighted by Crippen LogP contribution is -2.59. The molecule has 0 aromatic rings. The molecule has 1 fully saturated rings. The molecular weight excluding hydrogens is 379 g/mol. The van der Waals surface area contributed by atoms with E-state index in [4.69, 9.17) is 30.9 Å². The summed E-state index contributed by atoms with van der Waals surface area (Å²) in [6.07, 6.45) is -6.13. The van der Waals surface area contributed by atoms with Crippen molar-refractivity contribution in [3.63, 3.8) is 0 Å². The molecule has 1 aliphatic heterocycles. The van der Waals surface area contributed by atoms with Gasteiger partial charge in [-0.2, -0.15) is 13.2 Å². The Labute approximate surface area is 154 Å². The van der Waals surface area contributed by atoms with Gasteiger partial charge in [-0.05, 0) is 5.92 Å². The van der Waals surface area contributed by atoms with Crippen LogP contribution in [-0.4, -0.2) is 108 Å². The Morgan fingerprint density at radius 2 is 1.78 bits per heavy atom. The van der Waals surface area contributed by atoms with Gasteiger partial charge in [0.15, 0.2) is 6.29 Å². The number of hydrogen-bond donors (Lipinski definition) is 4.